The maximum Gasteiger partial charge on any atom is 0.512 e. The summed E-state index contributed by atoms with van der Waals surface area (Å²) >= 11 is 0. The quantitative estimate of drug-likeness (QED) is 0.268. The van der Waals surface area contributed by atoms with E-state index in [1.807, 2.05) is 54.6 Å². The number of carboxylic acid groups (broad SMARTS) is 1. The lowest BCUT2D eigenvalue weighted by molar-refractivity contribution is 0.141. The maximum atomic E-state index is 12.4. The molecule has 0 saturated carbocycles. The maximum absolute atomic E-state index is 12.4. The number of ether oxygens (including phenoxy) is 2. The van der Waals surface area contributed by atoms with Crippen molar-refractivity contribution in [2.75, 3.05) is 5.32 Å². The fraction of sp³-hybridized carbons (Fsp3) is 0.0370. The SMILES string of the molecule is O=C(O)Oc1nc(-c2ccccc2)ncc1NC(=O)OCc1cc2cc(-c3ccccc3)ccc2o1. The smallest absolute Gasteiger partial charge is 0.457 e. The van der Waals surface area contributed by atoms with Crippen molar-refractivity contribution >= 4 is 28.9 Å². The highest BCUT2D eigenvalue weighted by Crippen LogP contribution is 2.28. The highest BCUT2D eigenvalue weighted by molar-refractivity contribution is 5.87. The number of benzene rings is 3. The summed E-state index contributed by atoms with van der Waals surface area (Å²) in [6.45, 7) is -0.140. The number of carbonyl (C=O) groups excluding carboxylic acids is 1. The Bertz CT molecular complexity index is 1530. The number of hydrogen-bond donors (Lipinski definition) is 2. The van der Waals surface area contributed by atoms with Gasteiger partial charge >= 0.3 is 12.2 Å². The van der Waals surface area contributed by atoms with Gasteiger partial charge in [0.2, 0.25) is 0 Å². The molecule has 0 unspecified atom stereocenters. The fourth-order valence-corrected chi connectivity index (χ4v) is 3.60. The van der Waals surface area contributed by atoms with Gasteiger partial charge in [0, 0.05) is 10.9 Å². The van der Waals surface area contributed by atoms with Crippen molar-refractivity contribution in [2.24, 2.45) is 0 Å². The van der Waals surface area contributed by atoms with Gasteiger partial charge in [-0.3, -0.25) is 5.32 Å². The summed E-state index contributed by atoms with van der Waals surface area (Å²) in [6.07, 6.45) is -1.19. The lowest BCUT2D eigenvalue weighted by atomic mass is 10.0. The highest BCUT2D eigenvalue weighted by Gasteiger charge is 2.17. The Kier molecular flexibility index (Phi) is 6.27. The van der Waals surface area contributed by atoms with E-state index in [4.69, 9.17) is 19.0 Å². The molecule has 9 nitrogen and oxygen atoms in total. The van der Waals surface area contributed by atoms with E-state index in [0.29, 0.717) is 16.9 Å². The average Bonchev–Trinajstić information content (AvgIpc) is 3.31. The minimum Gasteiger partial charge on any atom is -0.457 e. The van der Waals surface area contributed by atoms with E-state index in [2.05, 4.69) is 15.3 Å². The third-order valence-electron chi connectivity index (χ3n) is 5.23. The molecule has 0 fully saturated rings. The van der Waals surface area contributed by atoms with Gasteiger partial charge in [0.25, 0.3) is 5.88 Å². The Balaban J connectivity index is 1.28. The van der Waals surface area contributed by atoms with Crippen molar-refractivity contribution in [2.45, 2.75) is 6.61 Å². The van der Waals surface area contributed by atoms with Gasteiger partial charge in [-0.1, -0.05) is 66.7 Å². The molecule has 36 heavy (non-hydrogen) atoms. The van der Waals surface area contributed by atoms with Gasteiger partial charge in [-0.25, -0.2) is 14.6 Å². The van der Waals surface area contributed by atoms with Crippen LogP contribution in [0.1, 0.15) is 5.76 Å². The number of carbonyl (C=O) groups is 2. The highest BCUT2D eigenvalue weighted by atomic mass is 16.7. The largest absolute Gasteiger partial charge is 0.512 e. The van der Waals surface area contributed by atoms with Crippen LogP contribution in [-0.4, -0.2) is 27.3 Å². The number of anilines is 1. The van der Waals surface area contributed by atoms with Crippen LogP contribution in [0.3, 0.4) is 0 Å². The van der Waals surface area contributed by atoms with Crippen molar-refractivity contribution in [3.05, 3.63) is 96.9 Å². The summed E-state index contributed by atoms with van der Waals surface area (Å²) in [5.41, 5.74) is 3.38. The molecule has 3 aromatic carbocycles. The van der Waals surface area contributed by atoms with E-state index in [1.54, 1.807) is 30.3 Å². The number of aromatic nitrogens is 2. The van der Waals surface area contributed by atoms with Gasteiger partial charge in [-0.2, -0.15) is 4.98 Å². The van der Waals surface area contributed by atoms with E-state index >= 15 is 0 Å². The Morgan fingerprint density at radius 1 is 0.889 bits per heavy atom. The zero-order valence-electron chi connectivity index (χ0n) is 18.8. The summed E-state index contributed by atoms with van der Waals surface area (Å²) in [6, 6.07) is 26.5. The summed E-state index contributed by atoms with van der Waals surface area (Å²) < 4.78 is 15.8. The third-order valence-corrected chi connectivity index (χ3v) is 5.23. The summed E-state index contributed by atoms with van der Waals surface area (Å²) in [5.74, 6) is 0.358. The van der Waals surface area contributed by atoms with Crippen molar-refractivity contribution in [1.29, 1.82) is 0 Å². The predicted molar refractivity (Wildman–Crippen MR) is 132 cm³/mol. The molecule has 5 rings (SSSR count). The molecule has 2 aromatic heterocycles. The molecular weight excluding hydrogens is 462 g/mol. The topological polar surface area (TPSA) is 124 Å². The van der Waals surface area contributed by atoms with Gasteiger partial charge in [0.1, 0.15) is 17.0 Å². The number of hydrogen-bond acceptors (Lipinski definition) is 7. The molecule has 0 spiro atoms. The molecule has 0 bridgehead atoms. The Labute approximate surface area is 205 Å². The zero-order valence-corrected chi connectivity index (χ0v) is 18.8. The summed E-state index contributed by atoms with van der Waals surface area (Å²) in [7, 11) is 0. The van der Waals surface area contributed by atoms with Crippen LogP contribution in [0.25, 0.3) is 33.5 Å². The van der Waals surface area contributed by atoms with Gasteiger partial charge in [-0.05, 0) is 29.3 Å². The third kappa shape index (κ3) is 5.15. The molecule has 0 saturated heterocycles. The number of nitrogens with zero attached hydrogens (tertiary/aromatic N) is 2. The predicted octanol–water partition coefficient (Wildman–Crippen LogP) is 6.36. The molecule has 178 valence electrons. The van der Waals surface area contributed by atoms with Crippen LogP contribution in [0.5, 0.6) is 5.88 Å². The van der Waals surface area contributed by atoms with Crippen LogP contribution in [0, 0.1) is 0 Å². The molecule has 0 aliphatic heterocycles. The Morgan fingerprint density at radius 3 is 2.33 bits per heavy atom. The minimum atomic E-state index is -1.58. The van der Waals surface area contributed by atoms with Crippen LogP contribution >= 0.6 is 0 Å². The standard InChI is InChI=1S/C27H19N3O6/c31-26(29-22-15-28-24(18-9-5-2-6-10-18)30-25(22)36-27(32)33)34-16-21-14-20-13-19(11-12-23(20)35-21)17-7-3-1-4-8-17/h1-15H,16H2,(H,29,31)(H,32,33). The van der Waals surface area contributed by atoms with Crippen LogP contribution in [0.4, 0.5) is 15.3 Å². The van der Waals surface area contributed by atoms with Crippen LogP contribution < -0.4 is 10.1 Å². The minimum absolute atomic E-state index is 0.0563. The van der Waals surface area contributed by atoms with Crippen molar-refractivity contribution < 1.29 is 28.6 Å². The molecule has 0 aliphatic carbocycles. The monoisotopic (exact) mass is 481 g/mol. The van der Waals surface area contributed by atoms with E-state index in [9.17, 15) is 9.59 Å². The number of nitrogens with one attached hydrogen (secondary N) is 1. The first-order valence-corrected chi connectivity index (χ1v) is 10.9. The molecule has 0 aliphatic rings. The normalized spacial score (nSPS) is 10.7. The average molecular weight is 481 g/mol. The second-order valence-corrected chi connectivity index (χ2v) is 7.68. The lowest BCUT2D eigenvalue weighted by Gasteiger charge is -2.10. The van der Waals surface area contributed by atoms with Gasteiger partial charge in [-0.15, -0.1) is 0 Å². The van der Waals surface area contributed by atoms with Gasteiger partial charge < -0.3 is 19.0 Å². The molecule has 9 heteroatoms. The number of fused-ring (bicyclic) bond motifs is 1. The van der Waals surface area contributed by atoms with E-state index < -0.39 is 12.2 Å². The van der Waals surface area contributed by atoms with Crippen LogP contribution in [0.2, 0.25) is 0 Å². The molecule has 2 N–H and O–H groups in total. The van der Waals surface area contributed by atoms with Gasteiger partial charge in [0.15, 0.2) is 12.4 Å². The van der Waals surface area contributed by atoms with Crippen molar-refractivity contribution in [3.63, 3.8) is 0 Å². The molecule has 0 radical (unpaired) electrons. The van der Waals surface area contributed by atoms with Crippen LogP contribution in [0.15, 0.2) is 95.5 Å². The van der Waals surface area contributed by atoms with Gasteiger partial charge in [0.05, 0.1) is 6.20 Å². The first-order chi connectivity index (χ1) is 17.5. The molecule has 1 amide bonds. The summed E-state index contributed by atoms with van der Waals surface area (Å²) in [5, 5.41) is 12.3. The van der Waals surface area contributed by atoms with Crippen LogP contribution in [-0.2, 0) is 11.3 Å². The molecular formula is C27H19N3O6. The number of rotatable bonds is 6. The Morgan fingerprint density at radius 2 is 1.61 bits per heavy atom. The van der Waals surface area contributed by atoms with E-state index in [1.165, 1.54) is 6.20 Å². The number of furan rings is 1. The van der Waals surface area contributed by atoms with E-state index in [0.717, 1.165) is 16.5 Å². The first-order valence-electron chi connectivity index (χ1n) is 10.9. The fourth-order valence-electron chi connectivity index (χ4n) is 3.60. The molecule has 0 atom stereocenters. The second kappa shape index (κ2) is 9.98. The van der Waals surface area contributed by atoms with E-state index in [-0.39, 0.29) is 24.0 Å². The molecule has 5 aromatic rings. The van der Waals surface area contributed by atoms with Crippen molar-refractivity contribution in [3.8, 4) is 28.4 Å². The lowest BCUT2D eigenvalue weighted by Crippen LogP contribution is -2.16. The Hall–Kier alpha value is -5.18. The number of amides is 1. The second-order valence-electron chi connectivity index (χ2n) is 7.68. The zero-order chi connectivity index (χ0) is 24.9. The first kappa shape index (κ1) is 22.6. The molecule has 2 heterocycles. The van der Waals surface area contributed by atoms with Crippen molar-refractivity contribution in [1.82, 2.24) is 9.97 Å². The summed E-state index contributed by atoms with van der Waals surface area (Å²) in [4.78, 5) is 31.8.